The maximum Gasteiger partial charge on any atom is 0.0597 e. The SMILES string of the molecule is CC(C)OCCN(C)C(C)(CN)CC1CC1. The molecule has 3 heteroatoms. The Morgan fingerprint density at radius 3 is 2.50 bits per heavy atom. The van der Waals surface area contributed by atoms with Gasteiger partial charge < -0.3 is 10.5 Å². The molecule has 1 atom stereocenters. The fourth-order valence-corrected chi connectivity index (χ4v) is 2.03. The Labute approximate surface area is 100 Å². The van der Waals surface area contributed by atoms with Crippen LogP contribution in [0.4, 0.5) is 0 Å². The molecule has 1 fully saturated rings. The highest BCUT2D eigenvalue weighted by Gasteiger charge is 2.35. The van der Waals surface area contributed by atoms with E-state index in [1.54, 1.807) is 0 Å². The normalized spacial score (nSPS) is 20.4. The first-order valence-electron chi connectivity index (χ1n) is 6.51. The summed E-state index contributed by atoms with van der Waals surface area (Å²) in [6.45, 7) is 8.94. The van der Waals surface area contributed by atoms with Crippen LogP contribution in [-0.4, -0.2) is 43.3 Å². The van der Waals surface area contributed by atoms with Crippen LogP contribution in [0.5, 0.6) is 0 Å². The predicted molar refractivity (Wildman–Crippen MR) is 68.5 cm³/mol. The summed E-state index contributed by atoms with van der Waals surface area (Å²) in [6.07, 6.45) is 4.35. The van der Waals surface area contributed by atoms with Crippen LogP contribution in [0.15, 0.2) is 0 Å². The summed E-state index contributed by atoms with van der Waals surface area (Å²) in [5.74, 6) is 0.919. The molecular formula is C13H28N2O. The summed E-state index contributed by atoms with van der Waals surface area (Å²) in [5.41, 5.74) is 6.09. The number of ether oxygens (including phenoxy) is 1. The molecule has 0 aromatic heterocycles. The minimum atomic E-state index is 0.154. The van der Waals surface area contributed by atoms with Gasteiger partial charge in [0.25, 0.3) is 0 Å². The number of nitrogens with zero attached hydrogens (tertiary/aromatic N) is 1. The lowest BCUT2D eigenvalue weighted by Gasteiger charge is -2.38. The number of likely N-dealkylation sites (N-methyl/N-ethyl adjacent to an activating group) is 1. The fourth-order valence-electron chi connectivity index (χ4n) is 2.03. The molecule has 0 heterocycles. The quantitative estimate of drug-likeness (QED) is 0.689. The van der Waals surface area contributed by atoms with Crippen LogP contribution >= 0.6 is 0 Å². The van der Waals surface area contributed by atoms with E-state index in [1.165, 1.54) is 19.3 Å². The van der Waals surface area contributed by atoms with Gasteiger partial charge in [-0.2, -0.15) is 0 Å². The Hall–Kier alpha value is -0.120. The highest BCUT2D eigenvalue weighted by molar-refractivity contribution is 4.91. The van der Waals surface area contributed by atoms with E-state index in [2.05, 4.69) is 32.7 Å². The van der Waals surface area contributed by atoms with E-state index >= 15 is 0 Å². The molecule has 0 aliphatic heterocycles. The van der Waals surface area contributed by atoms with Crippen molar-refractivity contribution in [2.45, 2.75) is 51.7 Å². The van der Waals surface area contributed by atoms with Crippen molar-refractivity contribution < 1.29 is 4.74 Å². The second-order valence-corrected chi connectivity index (χ2v) is 5.69. The van der Waals surface area contributed by atoms with Gasteiger partial charge in [-0.1, -0.05) is 12.8 Å². The van der Waals surface area contributed by atoms with Gasteiger partial charge >= 0.3 is 0 Å². The summed E-state index contributed by atoms with van der Waals surface area (Å²) < 4.78 is 5.59. The largest absolute Gasteiger partial charge is 0.377 e. The monoisotopic (exact) mass is 228 g/mol. The van der Waals surface area contributed by atoms with Crippen molar-refractivity contribution in [1.82, 2.24) is 4.90 Å². The number of hydrogen-bond acceptors (Lipinski definition) is 3. The molecule has 0 radical (unpaired) electrons. The van der Waals surface area contributed by atoms with Crippen LogP contribution in [0.25, 0.3) is 0 Å². The molecule has 3 nitrogen and oxygen atoms in total. The van der Waals surface area contributed by atoms with Gasteiger partial charge in [-0.05, 0) is 40.2 Å². The summed E-state index contributed by atoms with van der Waals surface area (Å²) >= 11 is 0. The Balaban J connectivity index is 2.31. The van der Waals surface area contributed by atoms with E-state index in [9.17, 15) is 0 Å². The Morgan fingerprint density at radius 2 is 2.06 bits per heavy atom. The van der Waals surface area contributed by atoms with E-state index in [1.807, 2.05) is 0 Å². The minimum Gasteiger partial charge on any atom is -0.377 e. The van der Waals surface area contributed by atoms with Crippen molar-refractivity contribution >= 4 is 0 Å². The molecule has 1 unspecified atom stereocenters. The average Bonchev–Trinajstić information content (AvgIpc) is 3.00. The second-order valence-electron chi connectivity index (χ2n) is 5.69. The highest BCUT2D eigenvalue weighted by Crippen LogP contribution is 2.38. The lowest BCUT2D eigenvalue weighted by molar-refractivity contribution is 0.0357. The van der Waals surface area contributed by atoms with E-state index in [0.29, 0.717) is 6.10 Å². The summed E-state index contributed by atoms with van der Waals surface area (Å²) in [4.78, 5) is 2.37. The molecule has 96 valence electrons. The Morgan fingerprint density at radius 1 is 1.44 bits per heavy atom. The summed E-state index contributed by atoms with van der Waals surface area (Å²) in [6, 6.07) is 0. The third kappa shape index (κ3) is 4.40. The van der Waals surface area contributed by atoms with Crippen molar-refractivity contribution in [3.63, 3.8) is 0 Å². The molecule has 0 aromatic rings. The van der Waals surface area contributed by atoms with Gasteiger partial charge in [0, 0.05) is 18.6 Å². The van der Waals surface area contributed by atoms with Gasteiger partial charge in [-0.25, -0.2) is 0 Å². The lowest BCUT2D eigenvalue weighted by Crippen LogP contribution is -2.51. The van der Waals surface area contributed by atoms with E-state index in [-0.39, 0.29) is 5.54 Å². The first-order chi connectivity index (χ1) is 7.48. The molecule has 16 heavy (non-hydrogen) atoms. The standard InChI is InChI=1S/C13H28N2O/c1-11(2)16-8-7-15(4)13(3,10-14)9-12-5-6-12/h11-12H,5-10,14H2,1-4H3. The first-order valence-corrected chi connectivity index (χ1v) is 6.51. The van der Waals surface area contributed by atoms with Gasteiger partial charge in [0.05, 0.1) is 12.7 Å². The van der Waals surface area contributed by atoms with Gasteiger partial charge in [0.2, 0.25) is 0 Å². The Kier molecular flexibility index (Phi) is 5.22. The zero-order chi connectivity index (χ0) is 12.2. The Bertz CT molecular complexity index is 204. The molecule has 0 amide bonds. The molecule has 2 N–H and O–H groups in total. The fraction of sp³-hybridized carbons (Fsp3) is 1.00. The van der Waals surface area contributed by atoms with Crippen molar-refractivity contribution in [1.29, 1.82) is 0 Å². The van der Waals surface area contributed by atoms with Gasteiger partial charge in [0.1, 0.15) is 0 Å². The van der Waals surface area contributed by atoms with Crippen LogP contribution in [0, 0.1) is 5.92 Å². The van der Waals surface area contributed by atoms with Crippen LogP contribution in [0.3, 0.4) is 0 Å². The van der Waals surface area contributed by atoms with E-state index in [4.69, 9.17) is 10.5 Å². The van der Waals surface area contributed by atoms with Crippen molar-refractivity contribution in [2.75, 3.05) is 26.7 Å². The number of nitrogens with two attached hydrogens (primary N) is 1. The summed E-state index contributed by atoms with van der Waals surface area (Å²) in [7, 11) is 2.17. The van der Waals surface area contributed by atoms with Gasteiger partial charge in [0.15, 0.2) is 0 Å². The second kappa shape index (κ2) is 5.99. The maximum atomic E-state index is 5.93. The minimum absolute atomic E-state index is 0.154. The maximum absolute atomic E-state index is 5.93. The van der Waals surface area contributed by atoms with Crippen LogP contribution in [0.2, 0.25) is 0 Å². The predicted octanol–water partition coefficient (Wildman–Crippen LogP) is 1.86. The third-order valence-electron chi connectivity index (χ3n) is 3.66. The lowest BCUT2D eigenvalue weighted by atomic mass is 9.93. The van der Waals surface area contributed by atoms with Crippen molar-refractivity contribution in [3.05, 3.63) is 0 Å². The van der Waals surface area contributed by atoms with Crippen LogP contribution < -0.4 is 5.73 Å². The highest BCUT2D eigenvalue weighted by atomic mass is 16.5. The molecule has 0 bridgehead atoms. The van der Waals surface area contributed by atoms with Crippen molar-refractivity contribution in [2.24, 2.45) is 11.7 Å². The third-order valence-corrected chi connectivity index (χ3v) is 3.66. The van der Waals surface area contributed by atoms with E-state index < -0.39 is 0 Å². The number of hydrogen-bond donors (Lipinski definition) is 1. The molecule has 1 aliphatic rings. The molecule has 1 rings (SSSR count). The smallest absolute Gasteiger partial charge is 0.0597 e. The summed E-state index contributed by atoms with van der Waals surface area (Å²) in [5, 5.41) is 0. The average molecular weight is 228 g/mol. The molecule has 1 aliphatic carbocycles. The zero-order valence-electron chi connectivity index (χ0n) is 11.3. The topological polar surface area (TPSA) is 38.5 Å². The van der Waals surface area contributed by atoms with Gasteiger partial charge in [-0.15, -0.1) is 0 Å². The van der Waals surface area contributed by atoms with E-state index in [0.717, 1.165) is 25.6 Å². The van der Waals surface area contributed by atoms with Crippen molar-refractivity contribution in [3.8, 4) is 0 Å². The molecule has 1 saturated carbocycles. The van der Waals surface area contributed by atoms with Crippen LogP contribution in [-0.2, 0) is 4.74 Å². The number of rotatable bonds is 8. The molecule has 0 spiro atoms. The van der Waals surface area contributed by atoms with Gasteiger partial charge in [-0.3, -0.25) is 4.90 Å². The zero-order valence-corrected chi connectivity index (χ0v) is 11.3. The first kappa shape index (κ1) is 13.9. The molecule has 0 saturated heterocycles. The van der Waals surface area contributed by atoms with Crippen LogP contribution in [0.1, 0.15) is 40.0 Å². The molecular weight excluding hydrogens is 200 g/mol. The molecule has 0 aromatic carbocycles.